The van der Waals surface area contributed by atoms with E-state index in [2.05, 4.69) is 34.7 Å². The van der Waals surface area contributed by atoms with Gasteiger partial charge in [-0.2, -0.15) is 0 Å². The van der Waals surface area contributed by atoms with Crippen LogP contribution in [0.1, 0.15) is 31.4 Å². The number of carbonyl (C=O) groups excluding carboxylic acids is 1. The number of carbonyl (C=O) groups is 1. The Morgan fingerprint density at radius 3 is 2.78 bits per heavy atom. The van der Waals surface area contributed by atoms with Gasteiger partial charge in [0.1, 0.15) is 0 Å². The molecule has 1 amide bonds. The molecule has 1 aromatic carbocycles. The molecule has 2 N–H and O–H groups in total. The number of rotatable bonds is 2. The van der Waals surface area contributed by atoms with Crippen LogP contribution < -0.4 is 5.73 Å². The van der Waals surface area contributed by atoms with Crippen LogP contribution in [0, 0.1) is 3.57 Å². The van der Waals surface area contributed by atoms with Crippen molar-refractivity contribution in [3.63, 3.8) is 0 Å². The molecular weight excluding hydrogens is 363 g/mol. The van der Waals surface area contributed by atoms with Gasteiger partial charge < -0.3 is 10.6 Å². The lowest BCUT2D eigenvalue weighted by Gasteiger charge is -2.27. The summed E-state index contributed by atoms with van der Waals surface area (Å²) in [6.07, 6.45) is 2.10. The molecule has 100 valence electrons. The molecule has 1 aliphatic rings. The van der Waals surface area contributed by atoms with Crippen molar-refractivity contribution in [2.75, 3.05) is 6.54 Å². The molecule has 0 radical (unpaired) electrons. The van der Waals surface area contributed by atoms with Crippen LogP contribution in [0.4, 0.5) is 0 Å². The molecule has 18 heavy (non-hydrogen) atoms. The van der Waals surface area contributed by atoms with Crippen LogP contribution in [0.3, 0.4) is 0 Å². The number of benzene rings is 1. The van der Waals surface area contributed by atoms with Gasteiger partial charge in [0.2, 0.25) is 5.91 Å². The molecule has 5 heteroatoms. The fourth-order valence-electron chi connectivity index (χ4n) is 2.36. The van der Waals surface area contributed by atoms with E-state index in [1.165, 1.54) is 9.13 Å². The zero-order valence-corrected chi connectivity index (χ0v) is 13.3. The summed E-state index contributed by atoms with van der Waals surface area (Å²) in [5, 5.41) is 0. The van der Waals surface area contributed by atoms with Crippen molar-refractivity contribution < 1.29 is 4.79 Å². The van der Waals surface area contributed by atoms with E-state index in [4.69, 9.17) is 5.73 Å². The molecule has 1 saturated heterocycles. The second-order valence-corrected chi connectivity index (χ2v) is 5.66. The smallest absolute Gasteiger partial charge is 0.239 e. The number of likely N-dealkylation sites (tertiary alicyclic amines) is 1. The minimum Gasteiger partial charge on any atom is -0.334 e. The predicted octanol–water partition coefficient (Wildman–Crippen LogP) is 2.72. The molecule has 0 bridgehead atoms. The molecule has 2 atom stereocenters. The Morgan fingerprint density at radius 2 is 2.17 bits per heavy atom. The molecular formula is C13H18ClIN2O. The lowest BCUT2D eigenvalue weighted by Crippen LogP contribution is -2.41. The molecule has 1 aromatic rings. The third-order valence-corrected chi connectivity index (χ3v) is 4.17. The number of nitrogens with zero attached hydrogens (tertiary/aromatic N) is 1. The maximum atomic E-state index is 12.0. The van der Waals surface area contributed by atoms with E-state index >= 15 is 0 Å². The third kappa shape index (κ3) is 3.16. The van der Waals surface area contributed by atoms with E-state index in [1.54, 1.807) is 6.92 Å². The second kappa shape index (κ2) is 6.73. The van der Waals surface area contributed by atoms with Crippen molar-refractivity contribution in [1.29, 1.82) is 0 Å². The molecule has 2 rings (SSSR count). The van der Waals surface area contributed by atoms with Crippen LogP contribution in [-0.2, 0) is 4.79 Å². The number of amides is 1. The molecule has 0 aliphatic carbocycles. The van der Waals surface area contributed by atoms with E-state index < -0.39 is 6.04 Å². The highest BCUT2D eigenvalue weighted by Gasteiger charge is 2.32. The Kier molecular flexibility index (Phi) is 5.88. The minimum absolute atomic E-state index is 0. The normalized spacial score (nSPS) is 20.4. The largest absolute Gasteiger partial charge is 0.334 e. The van der Waals surface area contributed by atoms with Gasteiger partial charge in [-0.25, -0.2) is 0 Å². The SMILES string of the molecule is C[C@@H](N)C(=O)N1CCCC1c1ccccc1I.Cl. The highest BCUT2D eigenvalue weighted by molar-refractivity contribution is 14.1. The summed E-state index contributed by atoms with van der Waals surface area (Å²) < 4.78 is 1.22. The predicted molar refractivity (Wildman–Crippen MR) is 83.7 cm³/mol. The van der Waals surface area contributed by atoms with Gasteiger partial charge in [-0.05, 0) is 54.0 Å². The fourth-order valence-corrected chi connectivity index (χ4v) is 3.11. The van der Waals surface area contributed by atoms with Crippen LogP contribution >= 0.6 is 35.0 Å². The molecule has 1 heterocycles. The van der Waals surface area contributed by atoms with Gasteiger partial charge >= 0.3 is 0 Å². The van der Waals surface area contributed by atoms with E-state index in [1.807, 2.05) is 17.0 Å². The van der Waals surface area contributed by atoms with Crippen molar-refractivity contribution in [2.45, 2.75) is 31.8 Å². The van der Waals surface area contributed by atoms with Crippen molar-refractivity contribution >= 4 is 40.9 Å². The lowest BCUT2D eigenvalue weighted by atomic mass is 10.0. The number of nitrogens with two attached hydrogens (primary N) is 1. The zero-order valence-electron chi connectivity index (χ0n) is 10.3. The Labute approximate surface area is 128 Å². The Morgan fingerprint density at radius 1 is 1.50 bits per heavy atom. The van der Waals surface area contributed by atoms with Gasteiger partial charge in [0, 0.05) is 10.1 Å². The molecule has 0 saturated carbocycles. The average Bonchev–Trinajstić information content (AvgIpc) is 2.77. The summed E-state index contributed by atoms with van der Waals surface area (Å²) in [7, 11) is 0. The van der Waals surface area contributed by atoms with E-state index in [0.717, 1.165) is 19.4 Å². The first-order chi connectivity index (χ1) is 8.11. The first-order valence-corrected chi connectivity index (χ1v) is 6.99. The van der Waals surface area contributed by atoms with Crippen molar-refractivity contribution in [1.82, 2.24) is 4.90 Å². The van der Waals surface area contributed by atoms with E-state index in [9.17, 15) is 4.79 Å². The quantitative estimate of drug-likeness (QED) is 0.802. The van der Waals surface area contributed by atoms with Crippen LogP contribution in [-0.4, -0.2) is 23.4 Å². The fraction of sp³-hybridized carbons (Fsp3) is 0.462. The summed E-state index contributed by atoms with van der Waals surface area (Å²) in [6.45, 7) is 2.59. The van der Waals surface area contributed by atoms with Gasteiger partial charge in [0.25, 0.3) is 0 Å². The molecule has 0 aromatic heterocycles. The maximum Gasteiger partial charge on any atom is 0.239 e. The van der Waals surface area contributed by atoms with Crippen LogP contribution in [0.15, 0.2) is 24.3 Å². The lowest BCUT2D eigenvalue weighted by molar-refractivity contribution is -0.133. The van der Waals surface area contributed by atoms with Gasteiger partial charge in [-0.1, -0.05) is 18.2 Å². The number of hydrogen-bond donors (Lipinski definition) is 1. The van der Waals surface area contributed by atoms with Crippen LogP contribution in [0.2, 0.25) is 0 Å². The van der Waals surface area contributed by atoms with Crippen molar-refractivity contribution in [3.05, 3.63) is 33.4 Å². The van der Waals surface area contributed by atoms with E-state index in [0.29, 0.717) is 0 Å². The first-order valence-electron chi connectivity index (χ1n) is 5.91. The summed E-state index contributed by atoms with van der Waals surface area (Å²) in [5.41, 5.74) is 6.95. The Hall–Kier alpha value is -0.330. The summed E-state index contributed by atoms with van der Waals surface area (Å²) >= 11 is 2.33. The average molecular weight is 381 g/mol. The van der Waals surface area contributed by atoms with Gasteiger partial charge in [-0.3, -0.25) is 4.79 Å². The van der Waals surface area contributed by atoms with E-state index in [-0.39, 0.29) is 24.4 Å². The monoisotopic (exact) mass is 380 g/mol. The van der Waals surface area contributed by atoms with Crippen LogP contribution in [0.5, 0.6) is 0 Å². The van der Waals surface area contributed by atoms with Crippen molar-refractivity contribution in [2.24, 2.45) is 5.73 Å². The van der Waals surface area contributed by atoms with Gasteiger partial charge in [0.15, 0.2) is 0 Å². The summed E-state index contributed by atoms with van der Waals surface area (Å²) in [5.74, 6) is 0.0622. The molecule has 1 fully saturated rings. The highest BCUT2D eigenvalue weighted by atomic mass is 127. The Balaban J connectivity index is 0.00000162. The highest BCUT2D eigenvalue weighted by Crippen LogP contribution is 2.34. The third-order valence-electron chi connectivity index (χ3n) is 3.19. The van der Waals surface area contributed by atoms with Gasteiger partial charge in [0.05, 0.1) is 12.1 Å². The molecule has 3 nitrogen and oxygen atoms in total. The summed E-state index contributed by atoms with van der Waals surface area (Å²) in [6, 6.07) is 8.06. The molecule has 0 spiro atoms. The van der Waals surface area contributed by atoms with Crippen molar-refractivity contribution in [3.8, 4) is 0 Å². The maximum absolute atomic E-state index is 12.0. The number of halogens is 2. The molecule has 1 unspecified atom stereocenters. The first kappa shape index (κ1) is 15.7. The standard InChI is InChI=1S/C13H17IN2O.ClH/c1-9(15)13(17)16-8-4-7-12(16)10-5-2-3-6-11(10)14;/h2-3,5-6,9,12H,4,7-8,15H2,1H3;1H/t9-,12?;/m1./s1. The molecule has 1 aliphatic heterocycles. The minimum atomic E-state index is -0.406. The second-order valence-electron chi connectivity index (χ2n) is 4.50. The Bertz CT molecular complexity index is 425. The topological polar surface area (TPSA) is 46.3 Å². The van der Waals surface area contributed by atoms with Gasteiger partial charge in [-0.15, -0.1) is 12.4 Å². The summed E-state index contributed by atoms with van der Waals surface area (Å²) in [4.78, 5) is 14.0. The van der Waals surface area contributed by atoms with Crippen LogP contribution in [0.25, 0.3) is 0 Å². The zero-order chi connectivity index (χ0) is 12.4. The number of hydrogen-bond acceptors (Lipinski definition) is 2.